The highest BCUT2D eigenvalue weighted by molar-refractivity contribution is 7.17. The van der Waals surface area contributed by atoms with E-state index in [2.05, 4.69) is 120 Å². The largest absolute Gasteiger partial charge is 0.356 e. The number of rotatable bonds is 4. The molecule has 0 bridgehead atoms. The van der Waals surface area contributed by atoms with E-state index in [1.54, 1.807) is 0 Å². The molecule has 1 aromatic heterocycles. The topological polar surface area (TPSA) is 15.3 Å². The molecule has 2 nitrogen and oxygen atoms in total. The van der Waals surface area contributed by atoms with Gasteiger partial charge in [0.25, 0.3) is 0 Å². The molecule has 0 amide bonds. The Kier molecular flexibility index (Phi) is 5.27. The molecule has 2 aromatic carbocycles. The maximum atomic E-state index is 4.01. The van der Waals surface area contributed by atoms with Crippen molar-refractivity contribution in [1.82, 2.24) is 4.90 Å². The Balaban J connectivity index is 1.03. The smallest absolute Gasteiger partial charge is 0.0591 e. The molecule has 0 spiro atoms. The fraction of sp³-hybridized carbons (Fsp3) is 0.167. The zero-order chi connectivity index (χ0) is 25.9. The van der Waals surface area contributed by atoms with Crippen LogP contribution < -0.4 is 15.1 Å². The first kappa shape index (κ1) is 22.9. The SMILES string of the molecule is C=C/C=C1/C2=CC(Nc3ccc(C4C=c5sc6ccccc6c5=CC4)cc3)=CCC2N2C1=CC1=CC=CCC12. The van der Waals surface area contributed by atoms with Crippen LogP contribution in [0.4, 0.5) is 5.69 Å². The van der Waals surface area contributed by atoms with Gasteiger partial charge < -0.3 is 10.2 Å². The van der Waals surface area contributed by atoms with Crippen molar-refractivity contribution in [2.75, 3.05) is 5.32 Å². The van der Waals surface area contributed by atoms with Crippen LogP contribution in [-0.2, 0) is 0 Å². The molecule has 190 valence electrons. The van der Waals surface area contributed by atoms with E-state index >= 15 is 0 Å². The third-order valence-corrected chi connectivity index (χ3v) is 9.89. The zero-order valence-corrected chi connectivity index (χ0v) is 22.6. The number of nitrogens with zero attached hydrogens (tertiary/aromatic N) is 1. The number of allylic oxidation sites excluding steroid dienone is 6. The molecule has 39 heavy (non-hydrogen) atoms. The standard InChI is InChI=1S/C36H30N2S/c1-2-7-28-31-22-27(17-19-33(31)38-32-10-5-3-8-25(32)20-34(28)38)37-26-15-12-23(13-16-26)24-14-18-30-29-9-4-6-11-35(29)39-36(30)21-24/h2-9,11-13,15-18,20-22,24,32-33,37H,1,10,14,19H2/b28-7-. The summed E-state index contributed by atoms with van der Waals surface area (Å²) in [4.78, 5) is 2.64. The summed E-state index contributed by atoms with van der Waals surface area (Å²) in [6, 6.07) is 18.7. The van der Waals surface area contributed by atoms with Crippen LogP contribution in [0.2, 0.25) is 0 Å². The summed E-state index contributed by atoms with van der Waals surface area (Å²) in [5, 5.41) is 6.50. The molecule has 3 aromatic rings. The molecular weight excluding hydrogens is 492 g/mol. The number of hydrogen-bond donors (Lipinski definition) is 1. The van der Waals surface area contributed by atoms with Crippen molar-refractivity contribution in [1.29, 1.82) is 0 Å². The van der Waals surface area contributed by atoms with E-state index in [-0.39, 0.29) is 0 Å². The van der Waals surface area contributed by atoms with Gasteiger partial charge in [0.05, 0.1) is 12.1 Å². The lowest BCUT2D eigenvalue weighted by atomic mass is 9.90. The minimum absolute atomic E-state index is 0.398. The molecule has 5 aliphatic rings. The molecular formula is C36H30N2S. The van der Waals surface area contributed by atoms with Gasteiger partial charge in [0.2, 0.25) is 0 Å². The lowest BCUT2D eigenvalue weighted by molar-refractivity contribution is 0.275. The van der Waals surface area contributed by atoms with Crippen molar-refractivity contribution in [3.8, 4) is 0 Å². The molecule has 1 fully saturated rings. The van der Waals surface area contributed by atoms with Gasteiger partial charge in [-0.2, -0.15) is 0 Å². The van der Waals surface area contributed by atoms with Gasteiger partial charge in [0.1, 0.15) is 0 Å². The molecule has 3 unspecified atom stereocenters. The van der Waals surface area contributed by atoms with Crippen molar-refractivity contribution in [2.45, 2.75) is 37.3 Å². The summed E-state index contributed by atoms with van der Waals surface area (Å²) >= 11 is 1.91. The minimum atomic E-state index is 0.398. The summed E-state index contributed by atoms with van der Waals surface area (Å²) in [6.07, 6.45) is 26.0. The number of thiophene rings is 1. The normalized spacial score (nSPS) is 25.4. The van der Waals surface area contributed by atoms with Gasteiger partial charge in [-0.1, -0.05) is 85.5 Å². The van der Waals surface area contributed by atoms with E-state index in [1.807, 2.05) is 17.4 Å². The molecule has 0 radical (unpaired) electrons. The van der Waals surface area contributed by atoms with Crippen LogP contribution in [0.3, 0.4) is 0 Å². The second-order valence-corrected chi connectivity index (χ2v) is 12.0. The average Bonchev–Trinajstić information content (AvgIpc) is 3.62. The van der Waals surface area contributed by atoms with Gasteiger partial charge in [0, 0.05) is 37.8 Å². The molecule has 3 aliphatic carbocycles. The van der Waals surface area contributed by atoms with Crippen LogP contribution in [0.25, 0.3) is 22.2 Å². The molecule has 3 atom stereocenters. The summed E-state index contributed by atoms with van der Waals surface area (Å²) in [5.74, 6) is 0.428. The van der Waals surface area contributed by atoms with Crippen molar-refractivity contribution in [3.05, 3.63) is 147 Å². The van der Waals surface area contributed by atoms with E-state index in [4.69, 9.17) is 0 Å². The van der Waals surface area contributed by atoms with Crippen molar-refractivity contribution >= 4 is 39.3 Å². The van der Waals surface area contributed by atoms with Crippen molar-refractivity contribution in [3.63, 3.8) is 0 Å². The third kappa shape index (κ3) is 3.68. The number of benzene rings is 2. The second-order valence-electron chi connectivity index (χ2n) is 10.9. The first-order valence-electron chi connectivity index (χ1n) is 14.0. The maximum Gasteiger partial charge on any atom is 0.0591 e. The molecule has 2 aliphatic heterocycles. The monoisotopic (exact) mass is 522 g/mol. The molecule has 1 saturated heterocycles. The zero-order valence-electron chi connectivity index (χ0n) is 21.8. The maximum absolute atomic E-state index is 4.01. The average molecular weight is 523 g/mol. The Hall–Kier alpha value is -4.08. The van der Waals surface area contributed by atoms with Crippen LogP contribution in [0.5, 0.6) is 0 Å². The molecule has 8 rings (SSSR count). The highest BCUT2D eigenvalue weighted by Crippen LogP contribution is 2.49. The van der Waals surface area contributed by atoms with Gasteiger partial charge in [-0.05, 0) is 76.9 Å². The Labute approximate surface area is 233 Å². The molecule has 3 heterocycles. The van der Waals surface area contributed by atoms with Crippen molar-refractivity contribution < 1.29 is 0 Å². The van der Waals surface area contributed by atoms with Crippen LogP contribution in [-0.4, -0.2) is 17.0 Å². The first-order chi connectivity index (χ1) is 19.3. The van der Waals surface area contributed by atoms with E-state index in [1.165, 1.54) is 53.5 Å². The number of nitrogens with one attached hydrogen (secondary N) is 1. The molecule has 1 N–H and O–H groups in total. The predicted molar refractivity (Wildman–Crippen MR) is 166 cm³/mol. The first-order valence-corrected chi connectivity index (χ1v) is 14.8. The van der Waals surface area contributed by atoms with Crippen molar-refractivity contribution in [2.24, 2.45) is 0 Å². The van der Waals surface area contributed by atoms with Crippen LogP contribution in [0.15, 0.2) is 132 Å². The fourth-order valence-corrected chi connectivity index (χ4v) is 8.13. The van der Waals surface area contributed by atoms with Gasteiger partial charge in [-0.25, -0.2) is 0 Å². The number of hydrogen-bond acceptors (Lipinski definition) is 3. The van der Waals surface area contributed by atoms with Gasteiger partial charge in [-0.15, -0.1) is 11.3 Å². The highest BCUT2D eigenvalue weighted by atomic mass is 32.1. The Bertz CT molecular complexity index is 1840. The highest BCUT2D eigenvalue weighted by Gasteiger charge is 2.44. The lowest BCUT2D eigenvalue weighted by Gasteiger charge is -2.33. The lowest BCUT2D eigenvalue weighted by Crippen LogP contribution is -2.37. The summed E-state index contributed by atoms with van der Waals surface area (Å²) in [5.41, 5.74) is 9.20. The predicted octanol–water partition coefficient (Wildman–Crippen LogP) is 7.22. The summed E-state index contributed by atoms with van der Waals surface area (Å²) in [7, 11) is 0. The number of anilines is 1. The van der Waals surface area contributed by atoms with E-state index in [0.29, 0.717) is 18.0 Å². The van der Waals surface area contributed by atoms with Crippen LogP contribution >= 0.6 is 11.3 Å². The molecule has 3 heteroatoms. The third-order valence-electron chi connectivity index (χ3n) is 8.74. The Morgan fingerprint density at radius 1 is 0.949 bits per heavy atom. The van der Waals surface area contributed by atoms with E-state index < -0.39 is 0 Å². The number of fused-ring (bicyclic) bond motifs is 8. The van der Waals surface area contributed by atoms with Crippen LogP contribution in [0, 0.1) is 0 Å². The minimum Gasteiger partial charge on any atom is -0.356 e. The van der Waals surface area contributed by atoms with Gasteiger partial charge in [-0.3, -0.25) is 0 Å². The van der Waals surface area contributed by atoms with Gasteiger partial charge in [0.15, 0.2) is 0 Å². The molecule has 0 saturated carbocycles. The Morgan fingerprint density at radius 2 is 1.85 bits per heavy atom. The summed E-state index contributed by atoms with van der Waals surface area (Å²) in [6.45, 7) is 4.01. The summed E-state index contributed by atoms with van der Waals surface area (Å²) < 4.78 is 2.79. The fourth-order valence-electron chi connectivity index (χ4n) is 6.92. The van der Waals surface area contributed by atoms with E-state index in [0.717, 1.165) is 24.9 Å². The quantitative estimate of drug-likeness (QED) is 0.389. The van der Waals surface area contributed by atoms with Crippen LogP contribution in [0.1, 0.15) is 30.7 Å². The van der Waals surface area contributed by atoms with E-state index in [9.17, 15) is 0 Å². The second kappa shape index (κ2) is 9.00. The Morgan fingerprint density at radius 3 is 2.74 bits per heavy atom. The van der Waals surface area contributed by atoms with Gasteiger partial charge >= 0.3 is 0 Å².